The Hall–Kier alpha value is -6.96. The number of hydrogen-bond acceptors (Lipinski definition) is 1. The molecule has 2 unspecified atom stereocenters. The van der Waals surface area contributed by atoms with E-state index in [0.717, 1.165) is 16.6 Å². The molecule has 0 N–H and O–H groups in total. The van der Waals surface area contributed by atoms with Gasteiger partial charge < -0.3 is 4.42 Å². The van der Waals surface area contributed by atoms with Gasteiger partial charge in [-0.05, 0) is 119 Å². The highest BCUT2D eigenvalue weighted by Gasteiger charge is 2.33. The van der Waals surface area contributed by atoms with Crippen molar-refractivity contribution in [1.82, 2.24) is 0 Å². The molecule has 55 heavy (non-hydrogen) atoms. The van der Waals surface area contributed by atoms with Crippen LogP contribution in [-0.2, 0) is 0 Å². The molecule has 1 heterocycles. The van der Waals surface area contributed by atoms with E-state index in [2.05, 4.69) is 194 Å². The van der Waals surface area contributed by atoms with Crippen molar-refractivity contribution in [2.75, 3.05) is 0 Å². The van der Waals surface area contributed by atoms with Gasteiger partial charge in [-0.15, -0.1) is 0 Å². The van der Waals surface area contributed by atoms with E-state index in [1.54, 1.807) is 0 Å². The van der Waals surface area contributed by atoms with Crippen LogP contribution in [0.4, 0.5) is 0 Å². The van der Waals surface area contributed by atoms with Crippen molar-refractivity contribution in [3.05, 3.63) is 228 Å². The monoisotopic (exact) mass is 698 g/mol. The summed E-state index contributed by atoms with van der Waals surface area (Å²) in [7, 11) is 0. The summed E-state index contributed by atoms with van der Waals surface area (Å²) in [6, 6.07) is 71.8. The molecule has 2 aliphatic carbocycles. The van der Waals surface area contributed by atoms with Crippen molar-refractivity contribution in [1.29, 1.82) is 0 Å². The summed E-state index contributed by atoms with van der Waals surface area (Å²) in [5, 5.41) is 4.90. The largest absolute Gasteiger partial charge is 0.456 e. The quantitative estimate of drug-likeness (QED) is 0.178. The minimum Gasteiger partial charge on any atom is -0.456 e. The first kappa shape index (κ1) is 30.5. The first-order valence-electron chi connectivity index (χ1n) is 19.2. The van der Waals surface area contributed by atoms with Gasteiger partial charge in [0.1, 0.15) is 11.2 Å². The van der Waals surface area contributed by atoms with E-state index in [1.165, 1.54) is 94.0 Å². The minimum atomic E-state index is 0.122. The predicted molar refractivity (Wildman–Crippen MR) is 228 cm³/mol. The summed E-state index contributed by atoms with van der Waals surface area (Å²) >= 11 is 0. The van der Waals surface area contributed by atoms with Gasteiger partial charge in [0.2, 0.25) is 0 Å². The zero-order valence-corrected chi connectivity index (χ0v) is 30.0. The third-order valence-corrected chi connectivity index (χ3v) is 12.2. The smallest absolute Gasteiger partial charge is 0.136 e. The Labute approximate surface area is 319 Å². The molecule has 256 valence electrons. The molecule has 1 nitrogen and oxygen atoms in total. The van der Waals surface area contributed by atoms with E-state index >= 15 is 0 Å². The van der Waals surface area contributed by atoms with Gasteiger partial charge in [-0.3, -0.25) is 0 Å². The highest BCUT2D eigenvalue weighted by atomic mass is 16.3. The molecule has 0 saturated heterocycles. The minimum absolute atomic E-state index is 0.122. The molecule has 10 aromatic rings. The lowest BCUT2D eigenvalue weighted by Crippen LogP contribution is -1.99. The van der Waals surface area contributed by atoms with Crippen LogP contribution >= 0.6 is 0 Å². The standard InChI is InChI=1S/C54H34O/c1-2-10-33(11-3-1)35-18-21-36(22-19-35)53-45-27-25-39(30-47(45)48-32-52-49(31-50(48)53)42-15-8-9-17-51(42)55-52)38-24-26-44-46(29-38)41-14-6-7-16-43(41)54(44)40-23-20-34-12-4-5-13-37(34)28-40/h1-32,53-54H. The van der Waals surface area contributed by atoms with E-state index in [4.69, 9.17) is 4.42 Å². The molecule has 0 fully saturated rings. The van der Waals surface area contributed by atoms with Gasteiger partial charge in [0.15, 0.2) is 0 Å². The molecule has 0 spiro atoms. The van der Waals surface area contributed by atoms with Crippen LogP contribution in [0.5, 0.6) is 0 Å². The topological polar surface area (TPSA) is 13.1 Å². The molecule has 2 atom stereocenters. The Morgan fingerprint density at radius 1 is 0.291 bits per heavy atom. The van der Waals surface area contributed by atoms with E-state index < -0.39 is 0 Å². The predicted octanol–water partition coefficient (Wildman–Crippen LogP) is 14.4. The van der Waals surface area contributed by atoms with Gasteiger partial charge in [0.05, 0.1) is 0 Å². The number of para-hydroxylation sites is 1. The number of benzene rings is 9. The van der Waals surface area contributed by atoms with Crippen LogP contribution in [0, 0.1) is 0 Å². The van der Waals surface area contributed by atoms with Crippen molar-refractivity contribution in [3.8, 4) is 44.5 Å². The normalized spacial score (nSPS) is 15.3. The second-order valence-electron chi connectivity index (χ2n) is 15.2. The van der Waals surface area contributed by atoms with Gasteiger partial charge in [0.25, 0.3) is 0 Å². The van der Waals surface area contributed by atoms with Crippen molar-refractivity contribution < 1.29 is 4.42 Å². The Balaban J connectivity index is 0.998. The SMILES string of the molecule is c1ccc(-c2ccc(C3c4ccc(-c5ccc6c(c5)-c5ccccc5C6c5ccc6ccccc6c5)cc4-c4cc5oc6ccccc6c5cc43)cc2)cc1. The van der Waals surface area contributed by atoms with Crippen LogP contribution in [0.3, 0.4) is 0 Å². The molecular weight excluding hydrogens is 665 g/mol. The van der Waals surface area contributed by atoms with Crippen LogP contribution in [0.2, 0.25) is 0 Å². The summed E-state index contributed by atoms with van der Waals surface area (Å²) in [6.07, 6.45) is 0. The maximum Gasteiger partial charge on any atom is 0.136 e. The first-order chi connectivity index (χ1) is 27.2. The Morgan fingerprint density at radius 3 is 1.69 bits per heavy atom. The molecule has 0 radical (unpaired) electrons. The maximum absolute atomic E-state index is 6.47. The summed E-state index contributed by atoms with van der Waals surface area (Å²) in [5.74, 6) is 0.327. The Morgan fingerprint density at radius 2 is 0.873 bits per heavy atom. The second kappa shape index (κ2) is 11.8. The van der Waals surface area contributed by atoms with Crippen molar-refractivity contribution in [2.45, 2.75) is 11.8 Å². The maximum atomic E-state index is 6.47. The fourth-order valence-electron chi connectivity index (χ4n) is 9.64. The number of hydrogen-bond donors (Lipinski definition) is 0. The van der Waals surface area contributed by atoms with Crippen molar-refractivity contribution >= 4 is 32.7 Å². The van der Waals surface area contributed by atoms with Crippen LogP contribution in [0.15, 0.2) is 199 Å². The highest BCUT2D eigenvalue weighted by molar-refractivity contribution is 6.07. The van der Waals surface area contributed by atoms with Crippen molar-refractivity contribution in [3.63, 3.8) is 0 Å². The molecule has 12 rings (SSSR count). The second-order valence-corrected chi connectivity index (χ2v) is 15.2. The summed E-state index contributed by atoms with van der Waals surface area (Å²) in [4.78, 5) is 0. The zero-order valence-electron chi connectivity index (χ0n) is 30.0. The highest BCUT2D eigenvalue weighted by Crippen LogP contribution is 2.53. The average molecular weight is 699 g/mol. The third-order valence-electron chi connectivity index (χ3n) is 12.2. The molecule has 1 aromatic heterocycles. The van der Waals surface area contributed by atoms with Crippen molar-refractivity contribution in [2.24, 2.45) is 0 Å². The Bertz CT molecular complexity index is 3150. The summed E-state index contributed by atoms with van der Waals surface area (Å²) in [6.45, 7) is 0. The van der Waals surface area contributed by atoms with E-state index in [9.17, 15) is 0 Å². The van der Waals surface area contributed by atoms with Gasteiger partial charge >= 0.3 is 0 Å². The van der Waals surface area contributed by atoms with Crippen LogP contribution in [0.1, 0.15) is 45.2 Å². The lowest BCUT2D eigenvalue weighted by atomic mass is 9.87. The molecule has 0 saturated carbocycles. The molecule has 0 bridgehead atoms. The van der Waals surface area contributed by atoms with E-state index in [-0.39, 0.29) is 11.8 Å². The first-order valence-corrected chi connectivity index (χ1v) is 19.2. The van der Waals surface area contributed by atoms with Gasteiger partial charge in [-0.25, -0.2) is 0 Å². The molecule has 2 aliphatic rings. The van der Waals surface area contributed by atoms with Crippen LogP contribution in [0.25, 0.3) is 77.2 Å². The number of rotatable bonds is 4. The molecule has 0 amide bonds. The fourth-order valence-corrected chi connectivity index (χ4v) is 9.64. The average Bonchev–Trinajstić information content (AvgIpc) is 3.89. The molecule has 0 aliphatic heterocycles. The summed E-state index contributed by atoms with van der Waals surface area (Å²) < 4.78 is 6.47. The third kappa shape index (κ3) is 4.66. The molecule has 1 heteroatoms. The number of fused-ring (bicyclic) bond motifs is 10. The molecule has 9 aromatic carbocycles. The van der Waals surface area contributed by atoms with Gasteiger partial charge in [-0.2, -0.15) is 0 Å². The van der Waals surface area contributed by atoms with Gasteiger partial charge in [0, 0.05) is 22.6 Å². The van der Waals surface area contributed by atoms with E-state index in [0.29, 0.717) is 0 Å². The van der Waals surface area contributed by atoms with E-state index in [1.807, 2.05) is 0 Å². The lowest BCUT2D eigenvalue weighted by Gasteiger charge is -2.16. The molecular formula is C54H34O. The fraction of sp³-hybridized carbons (Fsp3) is 0.0370. The van der Waals surface area contributed by atoms with Crippen LogP contribution in [-0.4, -0.2) is 0 Å². The van der Waals surface area contributed by atoms with Gasteiger partial charge in [-0.1, -0.05) is 164 Å². The van der Waals surface area contributed by atoms with Crippen LogP contribution < -0.4 is 0 Å². The zero-order chi connectivity index (χ0) is 36.0. The summed E-state index contributed by atoms with van der Waals surface area (Å²) in [5.41, 5.74) is 20.0. The lowest BCUT2D eigenvalue weighted by molar-refractivity contribution is 0.669. The Kier molecular flexibility index (Phi) is 6.53. The number of furan rings is 1.